The van der Waals surface area contributed by atoms with E-state index in [1.54, 1.807) is 16.0 Å². The van der Waals surface area contributed by atoms with Crippen LogP contribution < -0.4 is 19.9 Å². The number of nitrogens with one attached hydrogen (secondary N) is 1. The van der Waals surface area contributed by atoms with E-state index >= 15 is 0 Å². The molecule has 59 heavy (non-hydrogen) atoms. The first-order valence-corrected chi connectivity index (χ1v) is 19.3. The van der Waals surface area contributed by atoms with Gasteiger partial charge in [0.25, 0.3) is 0 Å². The van der Waals surface area contributed by atoms with E-state index in [2.05, 4.69) is 9.97 Å². The molecule has 1 aromatic heterocycles. The number of aliphatic imine (C=N–C) groups is 1. The molecule has 2 aliphatic heterocycles. The fourth-order valence-corrected chi connectivity index (χ4v) is 7.80. The lowest BCUT2D eigenvalue weighted by atomic mass is 10.1. The normalized spacial score (nSPS) is 16.8. The lowest BCUT2D eigenvalue weighted by molar-refractivity contribution is -0.132. The molecule has 5 aromatic rings. The molecule has 2 saturated heterocycles. The van der Waals surface area contributed by atoms with Crippen LogP contribution in [0.3, 0.4) is 0 Å². The minimum Gasteiger partial charge on any atom is -0.491 e. The summed E-state index contributed by atoms with van der Waals surface area (Å²) >= 11 is 0. The van der Waals surface area contributed by atoms with E-state index in [9.17, 15) is 27.2 Å². The number of ether oxygens (including phenoxy) is 3. The Morgan fingerprint density at radius 3 is 2.00 bits per heavy atom. The Kier molecular flexibility index (Phi) is 12.6. The van der Waals surface area contributed by atoms with Crippen LogP contribution in [0.25, 0.3) is 11.3 Å². The van der Waals surface area contributed by atoms with Crippen molar-refractivity contribution in [2.75, 3.05) is 40.4 Å². The van der Waals surface area contributed by atoms with Crippen molar-refractivity contribution < 1.29 is 41.4 Å². The molecular formula is C44H44F4N6O5. The number of nitrogens with zero attached hydrogens (tertiary/aromatic N) is 4. The van der Waals surface area contributed by atoms with Crippen LogP contribution in [0.5, 0.6) is 23.0 Å². The lowest BCUT2D eigenvalue weighted by Gasteiger charge is -2.24. The van der Waals surface area contributed by atoms with E-state index in [1.165, 1.54) is 14.2 Å². The summed E-state index contributed by atoms with van der Waals surface area (Å²) in [4.78, 5) is 42.6. The van der Waals surface area contributed by atoms with Crippen LogP contribution in [-0.2, 0) is 22.4 Å². The molecule has 2 aliphatic rings. The Balaban J connectivity index is 0.961. The number of hydrogen-bond acceptors (Lipinski definition) is 8. The van der Waals surface area contributed by atoms with Crippen molar-refractivity contribution in [1.82, 2.24) is 19.8 Å². The van der Waals surface area contributed by atoms with Gasteiger partial charge in [-0.05, 0) is 103 Å². The van der Waals surface area contributed by atoms with Crippen molar-refractivity contribution in [3.05, 3.63) is 125 Å². The van der Waals surface area contributed by atoms with Gasteiger partial charge in [0.05, 0.1) is 63.3 Å². The van der Waals surface area contributed by atoms with Crippen molar-refractivity contribution in [1.29, 1.82) is 0 Å². The molecule has 7 rings (SSSR count). The maximum atomic E-state index is 14.3. The zero-order valence-corrected chi connectivity index (χ0v) is 32.7. The Bertz CT molecular complexity index is 2310. The fraction of sp³-hybridized carbons (Fsp3) is 0.318. The average Bonchev–Trinajstić information content (AvgIpc) is 4.01. The molecule has 2 amide bonds. The second kappa shape index (κ2) is 18.1. The summed E-state index contributed by atoms with van der Waals surface area (Å²) in [6.07, 6.45) is 4.40. The quantitative estimate of drug-likeness (QED) is 0.0886. The van der Waals surface area contributed by atoms with Crippen LogP contribution in [0, 0.1) is 23.3 Å². The summed E-state index contributed by atoms with van der Waals surface area (Å²) < 4.78 is 72.7. The molecule has 15 heteroatoms. The number of aromatic amines is 1. The second-order valence-corrected chi connectivity index (χ2v) is 14.5. The molecule has 3 heterocycles. The fourth-order valence-electron chi connectivity index (χ4n) is 7.80. The Morgan fingerprint density at radius 2 is 1.39 bits per heavy atom. The first-order valence-electron chi connectivity index (χ1n) is 19.3. The lowest BCUT2D eigenvalue weighted by Crippen LogP contribution is -2.38. The predicted octanol–water partition coefficient (Wildman–Crippen LogP) is 7.33. The van der Waals surface area contributed by atoms with Crippen LogP contribution >= 0.6 is 0 Å². The number of amides is 2. The van der Waals surface area contributed by atoms with Crippen LogP contribution in [0.1, 0.15) is 54.2 Å². The van der Waals surface area contributed by atoms with Crippen LogP contribution in [0.2, 0.25) is 0 Å². The number of hydrogen-bond donors (Lipinski definition) is 2. The number of carbonyl (C=O) groups is 2. The first-order chi connectivity index (χ1) is 28.5. The number of aromatic nitrogens is 2. The van der Waals surface area contributed by atoms with Crippen molar-refractivity contribution in [3.8, 4) is 34.3 Å². The number of likely N-dealkylation sites (tertiary alicyclic amines) is 2. The van der Waals surface area contributed by atoms with Crippen molar-refractivity contribution in [3.63, 3.8) is 0 Å². The van der Waals surface area contributed by atoms with E-state index in [0.29, 0.717) is 49.1 Å². The number of halogens is 4. The van der Waals surface area contributed by atoms with E-state index in [0.717, 1.165) is 60.3 Å². The average molecular weight is 813 g/mol. The number of rotatable bonds is 14. The topological polar surface area (TPSA) is 135 Å². The van der Waals surface area contributed by atoms with Gasteiger partial charge in [0, 0.05) is 25.2 Å². The highest BCUT2D eigenvalue weighted by Crippen LogP contribution is 2.34. The molecule has 3 N–H and O–H groups in total. The molecular weight excluding hydrogens is 769 g/mol. The molecule has 2 fully saturated rings. The SMILES string of the molecule is COc1c(F)cc(CC(=O)N2CCCC2CN=C(CN)c2ccc(Oc3cccc(-c4cnc(C5CCCN5C(=O)Cc5cc(F)c(OC)c(F)c5)[nH]4)c3)cc2)cc1F. The van der Waals surface area contributed by atoms with Crippen molar-refractivity contribution >= 4 is 17.5 Å². The maximum Gasteiger partial charge on any atom is 0.227 e. The number of H-pyrrole nitrogens is 1. The summed E-state index contributed by atoms with van der Waals surface area (Å²) in [5, 5.41) is 0. The van der Waals surface area contributed by atoms with E-state index in [4.69, 9.17) is 24.9 Å². The number of carbonyl (C=O) groups excluding carboxylic acids is 2. The molecule has 0 radical (unpaired) electrons. The van der Waals surface area contributed by atoms with Crippen molar-refractivity contribution in [2.24, 2.45) is 10.7 Å². The third kappa shape index (κ3) is 9.25. The smallest absolute Gasteiger partial charge is 0.227 e. The molecule has 0 bridgehead atoms. The number of imidazole rings is 1. The third-order valence-electron chi connectivity index (χ3n) is 10.7. The predicted molar refractivity (Wildman–Crippen MR) is 213 cm³/mol. The third-order valence-corrected chi connectivity index (χ3v) is 10.7. The monoisotopic (exact) mass is 812 g/mol. The minimum atomic E-state index is -0.859. The van der Waals surface area contributed by atoms with Gasteiger partial charge in [-0.15, -0.1) is 0 Å². The van der Waals surface area contributed by atoms with Crippen molar-refractivity contribution in [2.45, 2.75) is 50.6 Å². The highest BCUT2D eigenvalue weighted by molar-refractivity contribution is 6.02. The van der Waals surface area contributed by atoms with Gasteiger partial charge in [-0.3, -0.25) is 14.6 Å². The largest absolute Gasteiger partial charge is 0.491 e. The minimum absolute atomic E-state index is 0.140. The van der Waals surface area contributed by atoms with E-state index in [-0.39, 0.29) is 54.4 Å². The Hall–Kier alpha value is -6.22. The zero-order valence-electron chi connectivity index (χ0n) is 32.7. The molecule has 4 aromatic carbocycles. The van der Waals surface area contributed by atoms with Gasteiger partial charge in [-0.25, -0.2) is 22.5 Å². The number of benzene rings is 4. The molecule has 0 aliphatic carbocycles. The van der Waals surface area contributed by atoms with Crippen LogP contribution in [0.15, 0.2) is 84.0 Å². The summed E-state index contributed by atoms with van der Waals surface area (Å²) in [6.45, 7) is 1.55. The van der Waals surface area contributed by atoms with Gasteiger partial charge in [0.1, 0.15) is 17.3 Å². The molecule has 2 atom stereocenters. The van der Waals surface area contributed by atoms with Crippen LogP contribution in [0.4, 0.5) is 17.6 Å². The molecule has 0 spiro atoms. The number of methoxy groups -OCH3 is 2. The summed E-state index contributed by atoms with van der Waals surface area (Å²) in [7, 11) is 2.37. The molecule has 11 nitrogen and oxygen atoms in total. The highest BCUT2D eigenvalue weighted by Gasteiger charge is 2.33. The standard InChI is InChI=1S/C44H44F4N6O5/c1-57-42-33(45)16-26(17-34(42)46)20-40(55)53-14-4-7-30(53)24-50-37(23-49)28-10-12-31(13-11-28)59-32-8-3-6-29(22-32)38-25-51-44(52-38)39-9-5-15-54(39)41(56)21-27-18-35(47)43(58-2)36(48)19-27/h3,6,8,10-13,16-19,22,25,30,39H,4-5,7,9,14-15,20-21,23-24,49H2,1-2H3,(H,51,52). The summed E-state index contributed by atoms with van der Waals surface area (Å²) in [6, 6.07) is 18.9. The molecule has 308 valence electrons. The first kappa shape index (κ1) is 41.0. The van der Waals surface area contributed by atoms with Crippen LogP contribution in [-0.4, -0.2) is 83.7 Å². The molecule has 2 unspecified atom stereocenters. The Labute approximate surface area is 338 Å². The molecule has 0 saturated carbocycles. The highest BCUT2D eigenvalue weighted by atomic mass is 19.1. The van der Waals surface area contributed by atoms with Gasteiger partial charge in [0.15, 0.2) is 34.8 Å². The summed E-state index contributed by atoms with van der Waals surface area (Å²) in [5.41, 5.74) is 9.58. The van der Waals surface area contributed by atoms with Gasteiger partial charge in [-0.1, -0.05) is 12.1 Å². The van der Waals surface area contributed by atoms with E-state index in [1.807, 2.05) is 48.5 Å². The van der Waals surface area contributed by atoms with Gasteiger partial charge in [-0.2, -0.15) is 0 Å². The maximum absolute atomic E-state index is 14.3. The van der Waals surface area contributed by atoms with Gasteiger partial charge in [0.2, 0.25) is 11.8 Å². The van der Waals surface area contributed by atoms with Gasteiger partial charge >= 0.3 is 0 Å². The Morgan fingerprint density at radius 1 is 0.797 bits per heavy atom. The summed E-state index contributed by atoms with van der Waals surface area (Å²) in [5.74, 6) is -3.08. The van der Waals surface area contributed by atoms with Gasteiger partial charge < -0.3 is 34.7 Å². The zero-order chi connectivity index (χ0) is 41.6. The number of nitrogens with two attached hydrogens (primary N) is 1. The van der Waals surface area contributed by atoms with E-state index < -0.39 is 34.8 Å². The second-order valence-electron chi connectivity index (χ2n) is 14.5.